The van der Waals surface area contributed by atoms with Crippen molar-refractivity contribution < 1.29 is 27.6 Å². The largest absolute Gasteiger partial charge is 0.405 e. The van der Waals surface area contributed by atoms with E-state index >= 15 is 0 Å². The van der Waals surface area contributed by atoms with Gasteiger partial charge in [0.1, 0.15) is 18.9 Å². The number of aromatic amines is 1. The molecule has 13 nitrogen and oxygen atoms in total. The molecule has 1 fully saturated rings. The smallest absolute Gasteiger partial charge is 0.383 e. The van der Waals surface area contributed by atoms with E-state index in [1.54, 1.807) is 40.7 Å². The molecule has 6 rings (SSSR count). The molecule has 3 amide bonds. The number of H-pyrrole nitrogens is 1. The summed E-state index contributed by atoms with van der Waals surface area (Å²) in [7, 11) is 0. The molecular weight excluding hydrogens is 571 g/mol. The van der Waals surface area contributed by atoms with Gasteiger partial charge in [-0.1, -0.05) is 0 Å². The summed E-state index contributed by atoms with van der Waals surface area (Å²) in [4.78, 5) is 63.0. The van der Waals surface area contributed by atoms with Crippen LogP contribution in [0.15, 0.2) is 53.7 Å². The zero-order valence-corrected chi connectivity index (χ0v) is 22.4. The van der Waals surface area contributed by atoms with Crippen molar-refractivity contribution in [2.24, 2.45) is 0 Å². The van der Waals surface area contributed by atoms with Crippen LogP contribution in [0.2, 0.25) is 0 Å². The Morgan fingerprint density at radius 1 is 1.09 bits per heavy atom. The molecule has 3 aromatic heterocycles. The Morgan fingerprint density at radius 3 is 2.58 bits per heavy atom. The number of piperidine rings is 1. The number of anilines is 2. The van der Waals surface area contributed by atoms with Crippen molar-refractivity contribution >= 4 is 40.3 Å². The molecule has 222 valence electrons. The summed E-state index contributed by atoms with van der Waals surface area (Å²) in [5, 5.41) is 9.11. The first-order valence-corrected chi connectivity index (χ1v) is 13.2. The van der Waals surface area contributed by atoms with E-state index in [9.17, 15) is 32.3 Å². The molecule has 2 aliphatic heterocycles. The van der Waals surface area contributed by atoms with E-state index in [2.05, 4.69) is 20.2 Å². The van der Waals surface area contributed by atoms with Gasteiger partial charge in [-0.3, -0.25) is 24.0 Å². The van der Waals surface area contributed by atoms with E-state index in [1.807, 2.05) is 0 Å². The van der Waals surface area contributed by atoms with Crippen molar-refractivity contribution in [2.45, 2.75) is 24.4 Å². The van der Waals surface area contributed by atoms with E-state index < -0.39 is 42.2 Å². The van der Waals surface area contributed by atoms with Crippen molar-refractivity contribution in [2.75, 3.05) is 36.8 Å². The molecule has 0 radical (unpaired) electrons. The molecule has 0 saturated carbocycles. The zero-order chi connectivity index (χ0) is 30.5. The number of carbonyl (C=O) groups is 3. The van der Waals surface area contributed by atoms with Crippen molar-refractivity contribution in [3.05, 3.63) is 70.5 Å². The van der Waals surface area contributed by atoms with E-state index in [0.717, 1.165) is 4.90 Å². The van der Waals surface area contributed by atoms with Gasteiger partial charge in [-0.05, 0) is 48.7 Å². The molecule has 1 spiro atoms. The first-order chi connectivity index (χ1) is 20.4. The minimum Gasteiger partial charge on any atom is -0.383 e. The predicted molar refractivity (Wildman–Crippen MR) is 146 cm³/mol. The third kappa shape index (κ3) is 5.04. The summed E-state index contributed by atoms with van der Waals surface area (Å²) in [6.07, 6.45) is 0.156. The number of amides is 3. The summed E-state index contributed by atoms with van der Waals surface area (Å²) in [5.74, 6) is -1.71. The number of nitrogen functional groups attached to an aromatic ring is 1. The minimum atomic E-state index is -4.61. The number of benzene rings is 1. The fourth-order valence-corrected chi connectivity index (χ4v) is 5.65. The van der Waals surface area contributed by atoms with Gasteiger partial charge >= 0.3 is 11.9 Å². The molecule has 4 aromatic rings. The number of nitrogens with two attached hydrogens (primary N) is 1. The number of hydrogen-bond acceptors (Lipinski definition) is 8. The van der Waals surface area contributed by atoms with Crippen LogP contribution in [0.25, 0.3) is 16.7 Å². The Bertz CT molecular complexity index is 1830. The molecule has 4 N–H and O–H groups in total. The highest BCUT2D eigenvalue weighted by Crippen LogP contribution is 2.48. The van der Waals surface area contributed by atoms with Crippen LogP contribution in [0, 0.1) is 0 Å². The second-order valence-corrected chi connectivity index (χ2v) is 10.4. The molecule has 0 unspecified atom stereocenters. The average Bonchev–Trinajstić information content (AvgIpc) is 3.53. The second-order valence-electron chi connectivity index (χ2n) is 10.4. The highest BCUT2D eigenvalue weighted by Gasteiger charge is 2.53. The molecule has 0 aliphatic carbocycles. The Kier molecular flexibility index (Phi) is 6.62. The fourth-order valence-electron chi connectivity index (χ4n) is 5.65. The van der Waals surface area contributed by atoms with Gasteiger partial charge in [0.05, 0.1) is 22.9 Å². The van der Waals surface area contributed by atoms with Gasteiger partial charge in [0.15, 0.2) is 5.65 Å². The zero-order valence-electron chi connectivity index (χ0n) is 22.4. The quantitative estimate of drug-likeness (QED) is 0.310. The van der Waals surface area contributed by atoms with E-state index in [-0.39, 0.29) is 37.7 Å². The highest BCUT2D eigenvalue weighted by molar-refractivity contribution is 6.11. The Morgan fingerprint density at radius 2 is 1.86 bits per heavy atom. The normalized spacial score (nSPS) is 16.1. The number of rotatable bonds is 5. The maximum Gasteiger partial charge on any atom is 0.405 e. The molecule has 43 heavy (non-hydrogen) atoms. The third-order valence-electron chi connectivity index (χ3n) is 7.77. The lowest BCUT2D eigenvalue weighted by Crippen LogP contribution is -2.51. The molecule has 2 aliphatic rings. The van der Waals surface area contributed by atoms with Gasteiger partial charge in [-0.25, -0.2) is 9.78 Å². The molecule has 1 saturated heterocycles. The average molecular weight is 596 g/mol. The molecule has 16 heteroatoms. The summed E-state index contributed by atoms with van der Waals surface area (Å²) in [5.41, 5.74) is 5.88. The van der Waals surface area contributed by atoms with Crippen LogP contribution >= 0.6 is 0 Å². The topological polar surface area (TPSA) is 172 Å². The summed E-state index contributed by atoms with van der Waals surface area (Å²) in [6, 6.07) is 7.82. The number of likely N-dealkylation sites (tertiary alicyclic amines) is 1. The number of nitrogens with zero attached hydrogens (tertiary/aromatic N) is 6. The predicted octanol–water partition coefficient (Wildman–Crippen LogP) is 1.29. The maximum atomic E-state index is 14.0. The SMILES string of the molecule is Nc1ccn(-c2ccc3c(c2)C2(CCN(C(=O)c4cnc5[nH]ncc5c4)CC2)C(=O)N3CC(=O)NCC(F)(F)F)c(=O)n1. The summed E-state index contributed by atoms with van der Waals surface area (Å²) in [6.45, 7) is -1.82. The van der Waals surface area contributed by atoms with E-state index in [1.165, 1.54) is 23.0 Å². The van der Waals surface area contributed by atoms with Gasteiger partial charge in [0.25, 0.3) is 5.91 Å². The van der Waals surface area contributed by atoms with Gasteiger partial charge in [-0.2, -0.15) is 23.3 Å². The Balaban J connectivity index is 1.31. The number of pyridine rings is 1. The maximum absolute atomic E-state index is 14.0. The van der Waals surface area contributed by atoms with Crippen LogP contribution < -0.4 is 21.6 Å². The number of hydrogen-bond donors (Lipinski definition) is 3. The van der Waals surface area contributed by atoms with Crippen LogP contribution in [0.5, 0.6) is 0 Å². The van der Waals surface area contributed by atoms with Gasteiger partial charge in [0, 0.05) is 36.6 Å². The van der Waals surface area contributed by atoms with Crippen LogP contribution in [0.4, 0.5) is 24.7 Å². The van der Waals surface area contributed by atoms with Crippen molar-refractivity contribution in [3.63, 3.8) is 0 Å². The summed E-state index contributed by atoms with van der Waals surface area (Å²) < 4.78 is 39.3. The van der Waals surface area contributed by atoms with Crippen LogP contribution in [-0.4, -0.2) is 79.7 Å². The molecule has 5 heterocycles. The van der Waals surface area contributed by atoms with Gasteiger partial charge < -0.3 is 20.9 Å². The van der Waals surface area contributed by atoms with Crippen molar-refractivity contribution in [3.8, 4) is 5.69 Å². The monoisotopic (exact) mass is 595 g/mol. The lowest BCUT2D eigenvalue weighted by molar-refractivity contribution is -0.138. The van der Waals surface area contributed by atoms with E-state index in [4.69, 9.17) is 5.73 Å². The number of halogens is 3. The number of fused-ring (bicyclic) bond motifs is 3. The molecule has 0 atom stereocenters. The van der Waals surface area contributed by atoms with Crippen LogP contribution in [0.3, 0.4) is 0 Å². The van der Waals surface area contributed by atoms with E-state index in [0.29, 0.717) is 33.5 Å². The van der Waals surface area contributed by atoms with Crippen molar-refractivity contribution in [1.29, 1.82) is 0 Å². The number of nitrogens with one attached hydrogen (secondary N) is 2. The molecule has 0 bridgehead atoms. The summed E-state index contributed by atoms with van der Waals surface area (Å²) >= 11 is 0. The van der Waals surface area contributed by atoms with Crippen LogP contribution in [-0.2, 0) is 15.0 Å². The fraction of sp³-hybridized carbons (Fsp3) is 0.296. The highest BCUT2D eigenvalue weighted by atomic mass is 19.4. The standard InChI is InChI=1S/C27H24F3N9O4/c28-27(29,30)14-33-21(40)13-39-19-2-1-17(38-6-3-20(31)35-25(38)43)10-18(19)26(24(39)42)4-7-37(8-5-26)23(41)16-9-15-12-34-36-22(15)32-11-16/h1-3,6,9-12H,4-5,7-8,13-14H2,(H,33,40)(H2,31,35,43)(H,32,34,36). The number of aromatic nitrogens is 5. The minimum absolute atomic E-state index is 0.0317. The molecule has 1 aromatic carbocycles. The second kappa shape index (κ2) is 10.2. The molecular formula is C27H24F3N9O4. The third-order valence-corrected chi connectivity index (χ3v) is 7.77. The number of alkyl halides is 3. The van der Waals surface area contributed by atoms with Gasteiger partial charge in [-0.15, -0.1) is 0 Å². The van der Waals surface area contributed by atoms with Crippen LogP contribution in [0.1, 0.15) is 28.8 Å². The first kappa shape index (κ1) is 27.9. The van der Waals surface area contributed by atoms with Gasteiger partial charge in [0.2, 0.25) is 11.8 Å². The number of carbonyl (C=O) groups excluding carboxylic acids is 3. The Labute approximate surface area is 240 Å². The lowest BCUT2D eigenvalue weighted by atomic mass is 9.73. The van der Waals surface area contributed by atoms with Crippen molar-refractivity contribution in [1.82, 2.24) is 34.9 Å². The lowest BCUT2D eigenvalue weighted by Gasteiger charge is -2.38. The first-order valence-electron chi connectivity index (χ1n) is 13.2. The Hall–Kier alpha value is -5.28.